The smallest absolute Gasteiger partial charge is 0.241 e. The molecule has 0 aliphatic heterocycles. The van der Waals surface area contributed by atoms with Crippen molar-refractivity contribution in [3.05, 3.63) is 29.8 Å². The highest BCUT2D eigenvalue weighted by Gasteiger charge is 2.29. The maximum atomic E-state index is 12.1. The molecule has 0 unspecified atom stereocenters. The van der Waals surface area contributed by atoms with Gasteiger partial charge in [0.15, 0.2) is 0 Å². The van der Waals surface area contributed by atoms with Crippen molar-refractivity contribution in [2.24, 2.45) is 5.16 Å². The average molecular weight is 270 g/mol. The van der Waals surface area contributed by atoms with Gasteiger partial charge in [-0.3, -0.25) is 0 Å². The van der Waals surface area contributed by atoms with Gasteiger partial charge in [-0.05, 0) is 39.8 Å². The predicted octanol–water partition coefficient (Wildman–Crippen LogP) is 1.90. The molecular weight excluding hydrogens is 252 g/mol. The molecule has 6 heteroatoms. The minimum Gasteiger partial charge on any atom is -0.411 e. The van der Waals surface area contributed by atoms with Crippen LogP contribution in [0.2, 0.25) is 0 Å². The van der Waals surface area contributed by atoms with Crippen molar-refractivity contribution in [1.82, 2.24) is 4.72 Å². The SMILES string of the molecule is C/C(=N/O)C(C)(C)NS(=O)(=O)c1ccc(C)cc1. The summed E-state index contributed by atoms with van der Waals surface area (Å²) in [5.74, 6) is 0. The van der Waals surface area contributed by atoms with E-state index >= 15 is 0 Å². The van der Waals surface area contributed by atoms with Gasteiger partial charge in [-0.2, -0.15) is 4.72 Å². The van der Waals surface area contributed by atoms with E-state index in [1.165, 1.54) is 0 Å². The summed E-state index contributed by atoms with van der Waals surface area (Å²) in [6, 6.07) is 6.54. The first-order valence-corrected chi connectivity index (χ1v) is 6.97. The van der Waals surface area contributed by atoms with E-state index < -0.39 is 15.6 Å². The maximum Gasteiger partial charge on any atom is 0.241 e. The van der Waals surface area contributed by atoms with Crippen LogP contribution in [0.25, 0.3) is 0 Å². The standard InChI is InChI=1S/C12H18N2O3S/c1-9-5-7-11(8-6-9)18(16,17)14-12(3,4)10(2)13-15/h5-8,14-15H,1-4H3/b13-10-. The first-order valence-electron chi connectivity index (χ1n) is 5.49. The van der Waals surface area contributed by atoms with Gasteiger partial charge in [0.05, 0.1) is 16.1 Å². The lowest BCUT2D eigenvalue weighted by atomic mass is 10.0. The molecular formula is C12H18N2O3S. The topological polar surface area (TPSA) is 78.8 Å². The third kappa shape index (κ3) is 3.30. The van der Waals surface area contributed by atoms with Crippen LogP contribution in [-0.4, -0.2) is 24.9 Å². The Morgan fingerprint density at radius 3 is 2.22 bits per heavy atom. The quantitative estimate of drug-likeness (QED) is 0.498. The van der Waals surface area contributed by atoms with Gasteiger partial charge < -0.3 is 5.21 Å². The second kappa shape index (κ2) is 5.07. The number of benzene rings is 1. The van der Waals surface area contributed by atoms with Crippen LogP contribution in [0, 0.1) is 6.92 Å². The van der Waals surface area contributed by atoms with Gasteiger partial charge in [0.2, 0.25) is 10.0 Å². The van der Waals surface area contributed by atoms with Gasteiger partial charge in [0, 0.05) is 0 Å². The van der Waals surface area contributed by atoms with E-state index in [0.717, 1.165) is 5.56 Å². The molecule has 0 bridgehead atoms. The molecule has 2 N–H and O–H groups in total. The Morgan fingerprint density at radius 1 is 1.28 bits per heavy atom. The Morgan fingerprint density at radius 2 is 1.78 bits per heavy atom. The Balaban J connectivity index is 3.06. The van der Waals surface area contributed by atoms with Crippen LogP contribution in [0.15, 0.2) is 34.3 Å². The molecule has 0 saturated heterocycles. The van der Waals surface area contributed by atoms with E-state index in [1.54, 1.807) is 45.0 Å². The summed E-state index contributed by atoms with van der Waals surface area (Å²) < 4.78 is 26.8. The third-order valence-electron chi connectivity index (χ3n) is 2.78. The van der Waals surface area contributed by atoms with Crippen LogP contribution >= 0.6 is 0 Å². The molecule has 0 aliphatic carbocycles. The summed E-state index contributed by atoms with van der Waals surface area (Å²) in [6.45, 7) is 6.70. The van der Waals surface area contributed by atoms with E-state index in [4.69, 9.17) is 5.21 Å². The fraction of sp³-hybridized carbons (Fsp3) is 0.417. The number of hydrogen-bond donors (Lipinski definition) is 2. The molecule has 100 valence electrons. The van der Waals surface area contributed by atoms with Gasteiger partial charge in [0.25, 0.3) is 0 Å². The van der Waals surface area contributed by atoms with Crippen molar-refractivity contribution >= 4 is 15.7 Å². The van der Waals surface area contributed by atoms with Crippen LogP contribution in [0.3, 0.4) is 0 Å². The average Bonchev–Trinajstić information content (AvgIpc) is 2.27. The number of oxime groups is 1. The van der Waals surface area contributed by atoms with Gasteiger partial charge in [-0.25, -0.2) is 8.42 Å². The fourth-order valence-corrected chi connectivity index (χ4v) is 2.74. The zero-order valence-electron chi connectivity index (χ0n) is 10.9. The highest BCUT2D eigenvalue weighted by molar-refractivity contribution is 7.89. The molecule has 0 atom stereocenters. The zero-order chi connectivity index (χ0) is 14.0. The number of hydrogen-bond acceptors (Lipinski definition) is 4. The molecule has 1 aromatic rings. The minimum absolute atomic E-state index is 0.187. The summed E-state index contributed by atoms with van der Waals surface area (Å²) in [4.78, 5) is 0.187. The molecule has 0 aliphatic rings. The van der Waals surface area contributed by atoms with Crippen molar-refractivity contribution in [2.75, 3.05) is 0 Å². The summed E-state index contributed by atoms with van der Waals surface area (Å²) in [5, 5.41) is 11.8. The number of nitrogens with one attached hydrogen (secondary N) is 1. The number of sulfonamides is 1. The van der Waals surface area contributed by atoms with Gasteiger partial charge >= 0.3 is 0 Å². The molecule has 0 radical (unpaired) electrons. The van der Waals surface area contributed by atoms with Crippen LogP contribution in [-0.2, 0) is 10.0 Å². The molecule has 0 aromatic heterocycles. The van der Waals surface area contributed by atoms with E-state index in [1.807, 2.05) is 6.92 Å². The number of rotatable bonds is 4. The van der Waals surface area contributed by atoms with E-state index in [0.29, 0.717) is 0 Å². The Labute approximate surface area is 108 Å². The first-order chi connectivity index (χ1) is 8.19. The van der Waals surface area contributed by atoms with E-state index in [-0.39, 0.29) is 10.6 Å². The summed E-state index contributed by atoms with van der Waals surface area (Å²) in [6.07, 6.45) is 0. The predicted molar refractivity (Wildman–Crippen MR) is 70.5 cm³/mol. The van der Waals surface area contributed by atoms with E-state index in [9.17, 15) is 8.42 Å². The monoisotopic (exact) mass is 270 g/mol. The first kappa shape index (κ1) is 14.7. The molecule has 0 spiro atoms. The molecule has 0 heterocycles. The molecule has 5 nitrogen and oxygen atoms in total. The van der Waals surface area contributed by atoms with Crippen molar-refractivity contribution in [2.45, 2.75) is 38.1 Å². The Bertz CT molecular complexity index is 545. The molecule has 0 fully saturated rings. The lowest BCUT2D eigenvalue weighted by molar-refractivity contribution is 0.313. The normalized spacial score (nSPS) is 13.7. The summed E-state index contributed by atoms with van der Waals surface area (Å²) >= 11 is 0. The molecule has 1 rings (SSSR count). The maximum absolute atomic E-state index is 12.1. The lowest BCUT2D eigenvalue weighted by Gasteiger charge is -2.24. The van der Waals surface area contributed by atoms with Crippen molar-refractivity contribution in [1.29, 1.82) is 0 Å². The second-order valence-corrected chi connectivity index (χ2v) is 6.41. The highest BCUT2D eigenvalue weighted by atomic mass is 32.2. The van der Waals surface area contributed by atoms with E-state index in [2.05, 4.69) is 9.88 Å². The van der Waals surface area contributed by atoms with Crippen molar-refractivity contribution < 1.29 is 13.6 Å². The second-order valence-electron chi connectivity index (χ2n) is 4.73. The zero-order valence-corrected chi connectivity index (χ0v) is 11.7. The molecule has 0 amide bonds. The molecule has 18 heavy (non-hydrogen) atoms. The highest BCUT2D eigenvalue weighted by Crippen LogP contribution is 2.15. The summed E-state index contributed by atoms with van der Waals surface area (Å²) in [7, 11) is -3.63. The van der Waals surface area contributed by atoms with Crippen LogP contribution in [0.1, 0.15) is 26.3 Å². The van der Waals surface area contributed by atoms with Crippen LogP contribution in [0.5, 0.6) is 0 Å². The molecule has 0 saturated carbocycles. The van der Waals surface area contributed by atoms with Gasteiger partial charge in [0.1, 0.15) is 0 Å². The lowest BCUT2D eigenvalue weighted by Crippen LogP contribution is -2.48. The van der Waals surface area contributed by atoms with Crippen molar-refractivity contribution in [3.8, 4) is 0 Å². The van der Waals surface area contributed by atoms with Gasteiger partial charge in [-0.1, -0.05) is 22.9 Å². The Hall–Kier alpha value is -1.40. The Kier molecular flexibility index (Phi) is 4.13. The van der Waals surface area contributed by atoms with Crippen molar-refractivity contribution in [3.63, 3.8) is 0 Å². The van der Waals surface area contributed by atoms with Gasteiger partial charge in [-0.15, -0.1) is 0 Å². The van der Waals surface area contributed by atoms with Crippen LogP contribution < -0.4 is 4.72 Å². The minimum atomic E-state index is -3.63. The fourth-order valence-electron chi connectivity index (χ4n) is 1.31. The number of nitrogens with zero attached hydrogens (tertiary/aromatic N) is 1. The number of aryl methyl sites for hydroxylation is 1. The largest absolute Gasteiger partial charge is 0.411 e. The third-order valence-corrected chi connectivity index (χ3v) is 4.45. The summed E-state index contributed by atoms with van der Waals surface area (Å²) in [5.41, 5.74) is 0.331. The molecule has 1 aromatic carbocycles. The van der Waals surface area contributed by atoms with Crippen LogP contribution in [0.4, 0.5) is 0 Å².